The van der Waals surface area contributed by atoms with Crippen molar-refractivity contribution in [1.29, 1.82) is 0 Å². The molecule has 4 nitrogen and oxygen atoms in total. The van der Waals surface area contributed by atoms with E-state index in [1.54, 1.807) is 12.1 Å². The summed E-state index contributed by atoms with van der Waals surface area (Å²) < 4.78 is 13.3. The average molecular weight is 369 g/mol. The molecule has 0 aliphatic carbocycles. The van der Waals surface area contributed by atoms with Crippen molar-refractivity contribution in [2.75, 3.05) is 33.7 Å². The number of benzene rings is 2. The molecule has 1 N–H and O–H groups in total. The second-order valence-corrected chi connectivity index (χ2v) is 7.68. The Kier molecular flexibility index (Phi) is 6.58. The molecule has 27 heavy (non-hydrogen) atoms. The van der Waals surface area contributed by atoms with Crippen LogP contribution in [0.15, 0.2) is 54.6 Å². The van der Waals surface area contributed by atoms with E-state index in [2.05, 4.69) is 53.5 Å². The van der Waals surface area contributed by atoms with Crippen molar-refractivity contribution < 1.29 is 9.18 Å². The van der Waals surface area contributed by atoms with Crippen molar-refractivity contribution >= 4 is 5.91 Å². The summed E-state index contributed by atoms with van der Waals surface area (Å²) in [6.45, 7) is 3.61. The molecule has 144 valence electrons. The van der Waals surface area contributed by atoms with Crippen LogP contribution in [-0.4, -0.2) is 55.5 Å². The number of nitrogens with one attached hydrogen (secondary N) is 1. The first-order valence-electron chi connectivity index (χ1n) is 9.44. The van der Waals surface area contributed by atoms with E-state index < -0.39 is 0 Å². The van der Waals surface area contributed by atoms with Gasteiger partial charge in [0.05, 0.1) is 6.42 Å². The summed E-state index contributed by atoms with van der Waals surface area (Å²) in [5.41, 5.74) is 1.99. The van der Waals surface area contributed by atoms with Crippen molar-refractivity contribution in [2.45, 2.75) is 19.0 Å². The van der Waals surface area contributed by atoms with Crippen LogP contribution in [-0.2, 0) is 17.8 Å². The van der Waals surface area contributed by atoms with Crippen LogP contribution in [0.2, 0.25) is 0 Å². The number of halogens is 1. The second-order valence-electron chi connectivity index (χ2n) is 7.68. The molecule has 2 atom stereocenters. The maximum absolute atomic E-state index is 13.3. The van der Waals surface area contributed by atoms with E-state index in [9.17, 15) is 9.18 Å². The number of carbonyl (C=O) groups excluding carboxylic acids is 1. The van der Waals surface area contributed by atoms with Gasteiger partial charge >= 0.3 is 0 Å². The Balaban J connectivity index is 1.61. The van der Waals surface area contributed by atoms with Crippen molar-refractivity contribution in [3.05, 3.63) is 71.5 Å². The number of hydrogen-bond donors (Lipinski definition) is 1. The second kappa shape index (κ2) is 9.11. The van der Waals surface area contributed by atoms with E-state index in [0.29, 0.717) is 11.5 Å². The predicted molar refractivity (Wildman–Crippen MR) is 106 cm³/mol. The fraction of sp³-hybridized carbons (Fsp3) is 0.409. The molecule has 2 aromatic carbocycles. The molecule has 0 aromatic heterocycles. The van der Waals surface area contributed by atoms with Gasteiger partial charge in [0.2, 0.25) is 5.91 Å². The van der Waals surface area contributed by atoms with Crippen LogP contribution in [0, 0.1) is 11.7 Å². The normalized spacial score (nSPS) is 20.1. The SMILES string of the molecule is CN(C)C[C@@H]1CN(Cc2ccccc2)C[C@H]1NC(=O)Cc1cccc(F)c1. The van der Waals surface area contributed by atoms with Crippen LogP contribution >= 0.6 is 0 Å². The van der Waals surface area contributed by atoms with Crippen LogP contribution in [0.25, 0.3) is 0 Å². The monoisotopic (exact) mass is 369 g/mol. The van der Waals surface area contributed by atoms with Gasteiger partial charge in [0.15, 0.2) is 0 Å². The first-order chi connectivity index (χ1) is 13.0. The van der Waals surface area contributed by atoms with Crippen molar-refractivity contribution in [3.8, 4) is 0 Å². The van der Waals surface area contributed by atoms with Crippen LogP contribution < -0.4 is 5.32 Å². The molecule has 0 spiro atoms. The zero-order valence-electron chi connectivity index (χ0n) is 16.1. The maximum Gasteiger partial charge on any atom is 0.224 e. The number of nitrogens with zero attached hydrogens (tertiary/aromatic N) is 2. The predicted octanol–water partition coefficient (Wildman–Crippen LogP) is 2.55. The molecular weight excluding hydrogens is 341 g/mol. The minimum absolute atomic E-state index is 0.0454. The molecule has 0 bridgehead atoms. The number of hydrogen-bond acceptors (Lipinski definition) is 3. The van der Waals surface area contributed by atoms with Gasteiger partial charge in [-0.1, -0.05) is 42.5 Å². The van der Waals surface area contributed by atoms with E-state index >= 15 is 0 Å². The standard InChI is InChI=1S/C22H28FN3O/c1-25(2)14-19-15-26(13-17-7-4-3-5-8-17)16-21(19)24-22(27)12-18-9-6-10-20(23)11-18/h3-11,19,21H,12-16H2,1-2H3,(H,24,27)/t19-,21-/m1/s1. The highest BCUT2D eigenvalue weighted by molar-refractivity contribution is 5.79. The lowest BCUT2D eigenvalue weighted by atomic mass is 10.0. The molecule has 5 heteroatoms. The molecule has 0 radical (unpaired) electrons. The van der Waals surface area contributed by atoms with Gasteiger partial charge in [0.25, 0.3) is 0 Å². The summed E-state index contributed by atoms with van der Waals surface area (Å²) in [6, 6.07) is 16.8. The molecule has 1 aliphatic heterocycles. The Labute approximate surface area is 161 Å². The molecule has 1 aliphatic rings. The summed E-state index contributed by atoms with van der Waals surface area (Å²) >= 11 is 0. The number of carbonyl (C=O) groups is 1. The molecule has 1 fully saturated rings. The van der Waals surface area contributed by atoms with E-state index in [1.165, 1.54) is 17.7 Å². The summed E-state index contributed by atoms with van der Waals surface area (Å²) in [7, 11) is 4.12. The van der Waals surface area contributed by atoms with Gasteiger partial charge in [0, 0.05) is 38.1 Å². The minimum Gasteiger partial charge on any atom is -0.351 e. The number of likely N-dealkylation sites (tertiary alicyclic amines) is 1. The molecule has 1 amide bonds. The van der Waals surface area contributed by atoms with Gasteiger partial charge in [-0.3, -0.25) is 9.69 Å². The molecule has 1 saturated heterocycles. The zero-order valence-corrected chi connectivity index (χ0v) is 16.1. The third-order valence-corrected chi connectivity index (χ3v) is 4.97. The smallest absolute Gasteiger partial charge is 0.224 e. The van der Waals surface area contributed by atoms with Crippen molar-refractivity contribution in [1.82, 2.24) is 15.1 Å². The zero-order chi connectivity index (χ0) is 19.2. The highest BCUT2D eigenvalue weighted by Crippen LogP contribution is 2.20. The molecule has 0 saturated carbocycles. The van der Waals surface area contributed by atoms with Crippen LogP contribution in [0.5, 0.6) is 0 Å². The Morgan fingerprint density at radius 1 is 1.11 bits per heavy atom. The largest absolute Gasteiger partial charge is 0.351 e. The maximum atomic E-state index is 13.3. The first-order valence-corrected chi connectivity index (χ1v) is 9.44. The van der Waals surface area contributed by atoms with Gasteiger partial charge < -0.3 is 10.2 Å². The lowest BCUT2D eigenvalue weighted by molar-refractivity contribution is -0.121. The third kappa shape index (κ3) is 5.88. The number of rotatable bonds is 7. The fourth-order valence-electron chi connectivity index (χ4n) is 3.84. The van der Waals surface area contributed by atoms with Crippen molar-refractivity contribution in [2.24, 2.45) is 5.92 Å². The molecular formula is C22H28FN3O. The van der Waals surface area contributed by atoms with Gasteiger partial charge in [-0.05, 0) is 37.4 Å². The van der Waals surface area contributed by atoms with E-state index in [-0.39, 0.29) is 24.2 Å². The van der Waals surface area contributed by atoms with Crippen molar-refractivity contribution in [3.63, 3.8) is 0 Å². The van der Waals surface area contributed by atoms with Crippen LogP contribution in [0.3, 0.4) is 0 Å². The van der Waals surface area contributed by atoms with E-state index in [4.69, 9.17) is 0 Å². The van der Waals surface area contributed by atoms with Crippen LogP contribution in [0.4, 0.5) is 4.39 Å². The van der Waals surface area contributed by atoms with Gasteiger partial charge in [-0.25, -0.2) is 4.39 Å². The highest BCUT2D eigenvalue weighted by Gasteiger charge is 2.33. The average Bonchev–Trinajstić information content (AvgIpc) is 2.95. The summed E-state index contributed by atoms with van der Waals surface area (Å²) in [6.07, 6.45) is 0.210. The lowest BCUT2D eigenvalue weighted by Gasteiger charge is -2.23. The topological polar surface area (TPSA) is 35.6 Å². The minimum atomic E-state index is -0.305. The fourth-order valence-corrected chi connectivity index (χ4v) is 3.84. The summed E-state index contributed by atoms with van der Waals surface area (Å²) in [5.74, 6) is 0.0248. The molecule has 1 heterocycles. The summed E-state index contributed by atoms with van der Waals surface area (Å²) in [4.78, 5) is 17.1. The van der Waals surface area contributed by atoms with Gasteiger partial charge in [0.1, 0.15) is 5.82 Å². The number of amides is 1. The molecule has 0 unspecified atom stereocenters. The third-order valence-electron chi connectivity index (χ3n) is 4.97. The van der Waals surface area contributed by atoms with Gasteiger partial charge in [-0.15, -0.1) is 0 Å². The Bertz CT molecular complexity index is 750. The Hall–Kier alpha value is -2.24. The molecule has 3 rings (SSSR count). The van der Waals surface area contributed by atoms with Gasteiger partial charge in [-0.2, -0.15) is 0 Å². The Morgan fingerprint density at radius 3 is 2.56 bits per heavy atom. The van der Waals surface area contributed by atoms with E-state index in [0.717, 1.165) is 26.2 Å². The van der Waals surface area contributed by atoms with Crippen LogP contribution in [0.1, 0.15) is 11.1 Å². The summed E-state index contributed by atoms with van der Waals surface area (Å²) in [5, 5.41) is 3.19. The lowest BCUT2D eigenvalue weighted by Crippen LogP contribution is -2.44. The highest BCUT2D eigenvalue weighted by atomic mass is 19.1. The first kappa shape index (κ1) is 19.5. The Morgan fingerprint density at radius 2 is 1.85 bits per heavy atom. The van der Waals surface area contributed by atoms with E-state index in [1.807, 2.05) is 6.07 Å². The quantitative estimate of drug-likeness (QED) is 0.815. The molecule has 2 aromatic rings.